The van der Waals surface area contributed by atoms with Gasteiger partial charge in [0.15, 0.2) is 17.5 Å². The molecule has 0 atom stereocenters. The molecule has 0 saturated heterocycles. The van der Waals surface area contributed by atoms with Crippen molar-refractivity contribution in [3.63, 3.8) is 0 Å². The minimum absolute atomic E-state index is 0.0739. The van der Waals surface area contributed by atoms with Crippen LogP contribution in [0.2, 0.25) is 0 Å². The summed E-state index contributed by atoms with van der Waals surface area (Å²) in [7, 11) is 0. The smallest absolute Gasteiger partial charge is 0.322 e. The Labute approximate surface area is 625 Å². The highest BCUT2D eigenvalue weighted by atomic mass is 19.4. The Morgan fingerprint density at radius 1 is 0.423 bits per heavy atom. The molecule has 0 saturated carbocycles. The first-order valence-electron chi connectivity index (χ1n) is 34.2. The van der Waals surface area contributed by atoms with E-state index in [0.717, 1.165) is 59.1 Å². The monoisotopic (exact) mass is 1520 g/mol. The van der Waals surface area contributed by atoms with Crippen LogP contribution in [0, 0.1) is 20.8 Å². The summed E-state index contributed by atoms with van der Waals surface area (Å²) < 4.78 is 111. The van der Waals surface area contributed by atoms with Gasteiger partial charge >= 0.3 is 12.4 Å². The molecule has 0 radical (unpaired) electrons. The summed E-state index contributed by atoms with van der Waals surface area (Å²) >= 11 is 0. The maximum absolute atomic E-state index is 13.7. The Morgan fingerprint density at radius 3 is 1.22 bits per heavy atom. The van der Waals surface area contributed by atoms with Gasteiger partial charge in [-0.2, -0.15) is 35.1 Å². The standard InChI is InChI=1S/C26H23F2N7O2.2C25H20F3N7O2/c1-4-34-23(36)12-22-33-31-14-35(22)20-9-17(13-30-24(20)34)19-11-18(6-5-15(19)2)32-25(37)16-7-8-29-21(10-16)26(3,27)28;1-3-34-22(36)11-21-33-31-13-35(21)19-8-16(12-30-23(19)34)18-10-17(5-4-14(18)2)32-24(37)15-6-7-29-20(9-15)25(26,27)28;1-3-34-22(36)10-21-33-31-13-35(21)20-8-16(11-30-23(20)34)19-9-18(12-29-14(19)2)32-24(37)15-5-4-6-17(7-15)25(26,27)28/h5-11,13-14H,4,12H2,1-3H3,(H,32,37);4-10,12-13H,3,11H2,1-2H3,(H,32,37);4-9,11-13H,3,10H2,1-2H3,(H,32,37). The van der Waals surface area contributed by atoms with E-state index in [1.165, 1.54) is 49.3 Å². The van der Waals surface area contributed by atoms with E-state index in [1.54, 1.807) is 96.6 Å². The highest BCUT2D eigenvalue weighted by Crippen LogP contribution is 2.39. The summed E-state index contributed by atoms with van der Waals surface area (Å²) in [4.78, 5) is 106. The van der Waals surface area contributed by atoms with Crippen molar-refractivity contribution in [2.24, 2.45) is 0 Å². The van der Waals surface area contributed by atoms with Gasteiger partial charge in [-0.1, -0.05) is 18.2 Å². The molecule has 3 aliphatic rings. The van der Waals surface area contributed by atoms with E-state index in [1.807, 2.05) is 58.9 Å². The fourth-order valence-electron chi connectivity index (χ4n) is 12.6. The number of benzene rings is 3. The second-order valence-corrected chi connectivity index (χ2v) is 25.6. The van der Waals surface area contributed by atoms with Crippen molar-refractivity contribution >= 4 is 70.0 Å². The number of aryl methyl sites for hydroxylation is 3. The molecule has 12 heterocycles. The van der Waals surface area contributed by atoms with Gasteiger partial charge in [0, 0.05) is 114 Å². The molecule has 3 aliphatic heterocycles. The average molecular weight is 1520 g/mol. The number of amides is 6. The molecule has 0 bridgehead atoms. The lowest BCUT2D eigenvalue weighted by molar-refractivity contribution is -0.141. The number of aromatic nitrogens is 15. The van der Waals surface area contributed by atoms with Crippen LogP contribution in [0.25, 0.3) is 50.4 Å². The van der Waals surface area contributed by atoms with Crippen LogP contribution in [0.3, 0.4) is 0 Å². The summed E-state index contributed by atoms with van der Waals surface area (Å²) in [6, 6.07) is 26.4. The van der Waals surface area contributed by atoms with Gasteiger partial charge in [-0.05, 0) is 155 Å². The van der Waals surface area contributed by atoms with Gasteiger partial charge in [0.25, 0.3) is 23.6 Å². The van der Waals surface area contributed by atoms with Crippen molar-refractivity contribution in [3.05, 3.63) is 233 Å². The van der Waals surface area contributed by atoms with E-state index in [0.29, 0.717) is 117 Å². The number of fused-ring (bicyclic) bond motifs is 9. The molecule has 3 aromatic carbocycles. The lowest BCUT2D eigenvalue weighted by atomic mass is 10.0. The molecule has 27 nitrogen and oxygen atoms in total. The Kier molecular flexibility index (Phi) is 20.7. The predicted octanol–water partition coefficient (Wildman–Crippen LogP) is 12.7. The number of pyridine rings is 6. The number of hydrogen-bond acceptors (Lipinski definition) is 18. The number of carbonyl (C=O) groups is 6. The molecular formula is C76H63F8N21O6. The third-order valence-electron chi connectivity index (χ3n) is 18.2. The number of likely N-dealkylation sites (N-methyl/N-ethyl adjacent to an activating group) is 3. The number of nitrogens with one attached hydrogen (secondary N) is 3. The minimum atomic E-state index is -4.66. The first kappa shape index (κ1) is 75.5. The SMILES string of the molecule is CCN1C(=O)Cc2nncn2-c2cc(-c3cc(NC(=O)c4cccc(C(F)(F)F)c4)cnc3C)cnc21.CCN1C(=O)Cc2nncn2-c2cc(-c3cc(NC(=O)c4ccnc(C(C)(F)F)c4)ccc3C)cnc21.CCN1C(=O)Cc2nncn2-c2cc(-c3cc(NC(=O)c4ccnc(C(F)(F)F)c4)ccc3C)cnc21. The van der Waals surface area contributed by atoms with E-state index < -0.39 is 52.9 Å². The highest BCUT2D eigenvalue weighted by Gasteiger charge is 2.36. The molecule has 0 aliphatic carbocycles. The molecule has 15 rings (SSSR count). The number of hydrogen-bond donors (Lipinski definition) is 3. The minimum Gasteiger partial charge on any atom is -0.322 e. The molecule has 35 heteroatoms. The molecule has 9 aromatic heterocycles. The van der Waals surface area contributed by atoms with E-state index >= 15 is 0 Å². The summed E-state index contributed by atoms with van der Waals surface area (Å²) in [5.74, 6) is -2.53. The normalized spacial score (nSPS) is 13.1. The van der Waals surface area contributed by atoms with E-state index in [-0.39, 0.29) is 53.7 Å². The number of halogens is 8. The second-order valence-electron chi connectivity index (χ2n) is 25.6. The van der Waals surface area contributed by atoms with Crippen LogP contribution in [0.5, 0.6) is 0 Å². The van der Waals surface area contributed by atoms with Gasteiger partial charge < -0.3 is 16.0 Å². The van der Waals surface area contributed by atoms with Crippen molar-refractivity contribution in [2.45, 2.75) is 86.0 Å². The van der Waals surface area contributed by atoms with Gasteiger partial charge in [-0.25, -0.2) is 15.0 Å². The van der Waals surface area contributed by atoms with E-state index in [2.05, 4.69) is 76.4 Å². The zero-order valence-corrected chi connectivity index (χ0v) is 59.9. The largest absolute Gasteiger partial charge is 0.433 e. The molecule has 111 heavy (non-hydrogen) atoms. The van der Waals surface area contributed by atoms with Gasteiger partial charge in [-0.3, -0.25) is 72.1 Å². The third-order valence-corrected chi connectivity index (χ3v) is 18.2. The van der Waals surface area contributed by atoms with Crippen LogP contribution in [0.1, 0.15) is 110 Å². The number of alkyl halides is 8. The molecule has 0 spiro atoms. The second kappa shape index (κ2) is 30.5. The van der Waals surface area contributed by atoms with Crippen LogP contribution >= 0.6 is 0 Å². The Balaban J connectivity index is 0.000000146. The maximum Gasteiger partial charge on any atom is 0.433 e. The fraction of sp³-hybridized carbons (Fsp3) is 0.211. The number of carbonyl (C=O) groups excluding carboxylic acids is 6. The first-order chi connectivity index (χ1) is 53.0. The topological polar surface area (TPSA) is 318 Å². The summed E-state index contributed by atoms with van der Waals surface area (Å²) in [5.41, 5.74) is 7.09. The lowest BCUT2D eigenvalue weighted by Gasteiger charge is -2.20. The Bertz CT molecular complexity index is 5130. The van der Waals surface area contributed by atoms with E-state index in [9.17, 15) is 63.9 Å². The molecular weight excluding hydrogens is 1450 g/mol. The van der Waals surface area contributed by atoms with Crippen LogP contribution in [0.15, 0.2) is 165 Å². The van der Waals surface area contributed by atoms with Gasteiger partial charge in [0.2, 0.25) is 17.7 Å². The Hall–Kier alpha value is -13.8. The lowest BCUT2D eigenvalue weighted by Crippen LogP contribution is -2.32. The summed E-state index contributed by atoms with van der Waals surface area (Å²) in [6.07, 6.45) is 4.14. The highest BCUT2D eigenvalue weighted by molar-refractivity contribution is 6.07. The molecule has 0 fully saturated rings. The first-order valence-corrected chi connectivity index (χ1v) is 34.2. The van der Waals surface area contributed by atoms with Gasteiger partial charge in [0.05, 0.1) is 53.8 Å². The number of anilines is 6. The van der Waals surface area contributed by atoms with Crippen molar-refractivity contribution in [1.29, 1.82) is 0 Å². The van der Waals surface area contributed by atoms with Crippen LogP contribution in [-0.2, 0) is 51.9 Å². The molecule has 6 amide bonds. The number of rotatable bonds is 13. The molecule has 3 N–H and O–H groups in total. The van der Waals surface area contributed by atoms with Crippen LogP contribution in [0.4, 0.5) is 69.6 Å². The third kappa shape index (κ3) is 15.8. The van der Waals surface area contributed by atoms with Crippen molar-refractivity contribution in [2.75, 3.05) is 50.3 Å². The fourth-order valence-corrected chi connectivity index (χ4v) is 12.6. The summed E-state index contributed by atoms with van der Waals surface area (Å²) in [5, 5.41) is 32.1. The zero-order chi connectivity index (χ0) is 79.0. The van der Waals surface area contributed by atoms with Crippen molar-refractivity contribution in [1.82, 2.24) is 74.2 Å². The van der Waals surface area contributed by atoms with Crippen molar-refractivity contribution in [3.8, 4) is 50.4 Å². The molecule has 564 valence electrons. The van der Waals surface area contributed by atoms with Crippen LogP contribution in [-0.4, -0.2) is 129 Å². The quantitative estimate of drug-likeness (QED) is 0.0903. The van der Waals surface area contributed by atoms with Crippen LogP contribution < -0.4 is 30.7 Å². The van der Waals surface area contributed by atoms with Crippen molar-refractivity contribution < 1.29 is 63.9 Å². The average Bonchev–Trinajstić information content (AvgIpc) is 1.76. The maximum atomic E-state index is 13.7. The number of nitrogens with zero attached hydrogens (tertiary/aromatic N) is 18. The van der Waals surface area contributed by atoms with Gasteiger partial charge in [0.1, 0.15) is 47.8 Å². The molecule has 12 aromatic rings. The van der Waals surface area contributed by atoms with Gasteiger partial charge in [-0.15, -0.1) is 30.6 Å². The predicted molar refractivity (Wildman–Crippen MR) is 389 cm³/mol. The van der Waals surface area contributed by atoms with E-state index in [4.69, 9.17) is 0 Å². The zero-order valence-electron chi connectivity index (χ0n) is 59.9. The Morgan fingerprint density at radius 2 is 0.811 bits per heavy atom. The summed E-state index contributed by atoms with van der Waals surface area (Å²) in [6.45, 7) is 13.2. The molecule has 0 unspecified atom stereocenters.